The highest BCUT2D eigenvalue weighted by Gasteiger charge is 2.14. The van der Waals surface area contributed by atoms with Crippen LogP contribution in [0, 0.1) is 5.82 Å². The Balaban J connectivity index is 1.98. The summed E-state index contributed by atoms with van der Waals surface area (Å²) in [4.78, 5) is 6.74. The molecule has 2 rings (SSSR count). The van der Waals surface area contributed by atoms with E-state index in [1.165, 1.54) is 6.07 Å². The molecule has 0 radical (unpaired) electrons. The number of aliphatic imine (C=N–C) groups is 1. The van der Waals surface area contributed by atoms with Crippen molar-refractivity contribution in [3.63, 3.8) is 0 Å². The van der Waals surface area contributed by atoms with E-state index < -0.39 is 0 Å². The second kappa shape index (κ2) is 9.84. The van der Waals surface area contributed by atoms with Gasteiger partial charge in [0.2, 0.25) is 0 Å². The lowest BCUT2D eigenvalue weighted by molar-refractivity contribution is 0.305. The molecule has 1 unspecified atom stereocenters. The molecule has 0 aliphatic heterocycles. The molecule has 1 aromatic heterocycles. The molecule has 1 heterocycles. The van der Waals surface area contributed by atoms with Crippen LogP contribution in [0.4, 0.5) is 4.39 Å². The molecule has 0 amide bonds. The molecule has 0 bridgehead atoms. The van der Waals surface area contributed by atoms with E-state index >= 15 is 0 Å². The van der Waals surface area contributed by atoms with Crippen LogP contribution in [0.3, 0.4) is 0 Å². The number of aromatic nitrogens is 1. The minimum atomic E-state index is -0.218. The van der Waals surface area contributed by atoms with Gasteiger partial charge in [-0.2, -0.15) is 0 Å². The van der Waals surface area contributed by atoms with Crippen LogP contribution in [0.25, 0.3) is 0 Å². The molecule has 0 spiro atoms. The molecule has 0 saturated heterocycles. The summed E-state index contributed by atoms with van der Waals surface area (Å²) in [6.07, 6.45) is 4.08. The van der Waals surface area contributed by atoms with Gasteiger partial charge >= 0.3 is 0 Å². The summed E-state index contributed by atoms with van der Waals surface area (Å²) in [5, 5.41) is 6.60. The Morgan fingerprint density at radius 3 is 2.60 bits per heavy atom. The second-order valence-electron chi connectivity index (χ2n) is 6.10. The van der Waals surface area contributed by atoms with Gasteiger partial charge in [0.25, 0.3) is 0 Å². The largest absolute Gasteiger partial charge is 0.357 e. The number of guanidine groups is 1. The molecule has 2 aromatic rings. The molecule has 0 saturated carbocycles. The highest BCUT2D eigenvalue weighted by Crippen LogP contribution is 2.19. The monoisotopic (exact) mass is 345 g/mol. The smallest absolute Gasteiger partial charge is 0.191 e. The van der Waals surface area contributed by atoms with Crippen molar-refractivity contribution >= 4 is 5.96 Å². The molecule has 5 nitrogen and oxygen atoms in total. The van der Waals surface area contributed by atoms with E-state index in [9.17, 15) is 4.39 Å². The predicted molar refractivity (Wildman–Crippen MR) is 101 cm³/mol. The average molecular weight is 345 g/mol. The molecule has 6 heteroatoms. The van der Waals surface area contributed by atoms with Gasteiger partial charge in [0.05, 0.1) is 12.6 Å². The molecule has 0 aliphatic rings. The average Bonchev–Trinajstić information content (AvgIpc) is 3.08. The van der Waals surface area contributed by atoms with Crippen molar-refractivity contribution < 1.29 is 4.39 Å². The van der Waals surface area contributed by atoms with Crippen LogP contribution >= 0.6 is 0 Å². The Morgan fingerprint density at radius 1 is 1.20 bits per heavy atom. The molecule has 0 fully saturated rings. The first-order chi connectivity index (χ1) is 12.1. The van der Waals surface area contributed by atoms with E-state index in [-0.39, 0.29) is 11.9 Å². The SMILES string of the molecule is CCNC(=NCC(c1cccc(F)c1)N(C)C)NCCn1cccc1. The van der Waals surface area contributed by atoms with Crippen LogP contribution in [-0.2, 0) is 6.54 Å². The number of hydrogen-bond acceptors (Lipinski definition) is 2. The Labute approximate surface area is 149 Å². The first kappa shape index (κ1) is 19.0. The quantitative estimate of drug-likeness (QED) is 0.571. The first-order valence-corrected chi connectivity index (χ1v) is 8.65. The Morgan fingerprint density at radius 2 is 1.96 bits per heavy atom. The van der Waals surface area contributed by atoms with Gasteiger partial charge in [0.15, 0.2) is 5.96 Å². The van der Waals surface area contributed by atoms with Crippen molar-refractivity contribution in [2.24, 2.45) is 4.99 Å². The second-order valence-corrected chi connectivity index (χ2v) is 6.10. The molecule has 1 aromatic carbocycles. The van der Waals surface area contributed by atoms with Gasteiger partial charge in [-0.15, -0.1) is 0 Å². The summed E-state index contributed by atoms with van der Waals surface area (Å²) in [6.45, 7) is 5.04. The maximum atomic E-state index is 13.5. The zero-order chi connectivity index (χ0) is 18.1. The van der Waals surface area contributed by atoms with Gasteiger partial charge in [-0.05, 0) is 50.8 Å². The third kappa shape index (κ3) is 6.23. The number of rotatable bonds is 8. The van der Waals surface area contributed by atoms with E-state index in [0.29, 0.717) is 6.54 Å². The number of benzene rings is 1. The van der Waals surface area contributed by atoms with Gasteiger partial charge in [-0.3, -0.25) is 4.99 Å². The topological polar surface area (TPSA) is 44.6 Å². The Kier molecular flexibility index (Phi) is 7.47. The molecular formula is C19H28FN5. The van der Waals surface area contributed by atoms with Gasteiger partial charge in [-0.25, -0.2) is 4.39 Å². The molecule has 2 N–H and O–H groups in total. The maximum Gasteiger partial charge on any atom is 0.191 e. The lowest BCUT2D eigenvalue weighted by Gasteiger charge is -2.23. The lowest BCUT2D eigenvalue weighted by atomic mass is 10.1. The van der Waals surface area contributed by atoms with Crippen LogP contribution in [0.2, 0.25) is 0 Å². The van der Waals surface area contributed by atoms with Crippen LogP contribution in [0.5, 0.6) is 0 Å². The van der Waals surface area contributed by atoms with E-state index in [2.05, 4.69) is 25.1 Å². The normalized spacial score (nSPS) is 13.1. The molecule has 1 atom stereocenters. The standard InChI is InChI=1S/C19H28FN5/c1-4-21-19(22-10-13-25-11-5-6-12-25)23-15-18(24(2)3)16-8-7-9-17(20)14-16/h5-9,11-12,14,18H,4,10,13,15H2,1-3H3,(H2,21,22,23). The van der Waals surface area contributed by atoms with Crippen LogP contribution < -0.4 is 10.6 Å². The zero-order valence-electron chi connectivity index (χ0n) is 15.2. The summed E-state index contributed by atoms with van der Waals surface area (Å²) >= 11 is 0. The fourth-order valence-corrected chi connectivity index (χ4v) is 2.62. The summed E-state index contributed by atoms with van der Waals surface area (Å²) in [7, 11) is 3.97. The van der Waals surface area contributed by atoms with Crippen LogP contribution in [-0.4, -0.2) is 49.2 Å². The minimum absolute atomic E-state index is 0.0237. The Hall–Kier alpha value is -2.34. The van der Waals surface area contributed by atoms with E-state index in [4.69, 9.17) is 0 Å². The lowest BCUT2D eigenvalue weighted by Crippen LogP contribution is -2.39. The highest BCUT2D eigenvalue weighted by atomic mass is 19.1. The predicted octanol–water partition coefficient (Wildman–Crippen LogP) is 2.49. The fraction of sp³-hybridized carbons (Fsp3) is 0.421. The molecule has 136 valence electrons. The molecule has 0 aliphatic carbocycles. The van der Waals surface area contributed by atoms with Crippen molar-refractivity contribution in [3.8, 4) is 0 Å². The van der Waals surface area contributed by atoms with Crippen LogP contribution in [0.15, 0.2) is 53.8 Å². The van der Waals surface area contributed by atoms with Crippen molar-refractivity contribution in [1.82, 2.24) is 20.1 Å². The number of nitrogens with one attached hydrogen (secondary N) is 2. The highest BCUT2D eigenvalue weighted by molar-refractivity contribution is 5.79. The van der Waals surface area contributed by atoms with Gasteiger partial charge in [-0.1, -0.05) is 12.1 Å². The summed E-state index contributed by atoms with van der Waals surface area (Å²) in [5.41, 5.74) is 0.928. The van der Waals surface area contributed by atoms with E-state index in [1.807, 2.05) is 51.6 Å². The molecular weight excluding hydrogens is 317 g/mol. The maximum absolute atomic E-state index is 13.5. The number of nitrogens with zero attached hydrogens (tertiary/aromatic N) is 3. The third-order valence-corrected chi connectivity index (χ3v) is 3.95. The minimum Gasteiger partial charge on any atom is -0.357 e. The van der Waals surface area contributed by atoms with E-state index in [1.54, 1.807) is 12.1 Å². The third-order valence-electron chi connectivity index (χ3n) is 3.95. The summed E-state index contributed by atoms with van der Waals surface area (Å²) in [5.74, 6) is 0.558. The number of likely N-dealkylation sites (N-methyl/N-ethyl adjacent to an activating group) is 1. The molecule has 25 heavy (non-hydrogen) atoms. The van der Waals surface area contributed by atoms with Gasteiger partial charge < -0.3 is 20.1 Å². The Bertz CT molecular complexity index is 652. The number of halogens is 1. The fourth-order valence-electron chi connectivity index (χ4n) is 2.62. The number of hydrogen-bond donors (Lipinski definition) is 2. The zero-order valence-corrected chi connectivity index (χ0v) is 15.2. The van der Waals surface area contributed by atoms with Crippen molar-refractivity contribution in [2.75, 3.05) is 33.7 Å². The first-order valence-electron chi connectivity index (χ1n) is 8.65. The van der Waals surface area contributed by atoms with Crippen molar-refractivity contribution in [3.05, 3.63) is 60.2 Å². The van der Waals surface area contributed by atoms with Crippen LogP contribution in [0.1, 0.15) is 18.5 Å². The van der Waals surface area contributed by atoms with E-state index in [0.717, 1.165) is 31.2 Å². The summed E-state index contributed by atoms with van der Waals surface area (Å²) < 4.78 is 15.6. The van der Waals surface area contributed by atoms with Crippen molar-refractivity contribution in [2.45, 2.75) is 19.5 Å². The van der Waals surface area contributed by atoms with Gasteiger partial charge in [0, 0.05) is 32.0 Å². The summed E-state index contributed by atoms with van der Waals surface area (Å²) in [6, 6.07) is 10.8. The van der Waals surface area contributed by atoms with Crippen molar-refractivity contribution in [1.29, 1.82) is 0 Å². The van der Waals surface area contributed by atoms with Gasteiger partial charge in [0.1, 0.15) is 5.82 Å².